The van der Waals surface area contributed by atoms with Crippen LogP contribution < -0.4 is 10.2 Å². The molecule has 0 spiro atoms. The van der Waals surface area contributed by atoms with Crippen LogP contribution in [0.25, 0.3) is 5.70 Å². The molecule has 6 nitrogen and oxygen atoms in total. The average Bonchev–Trinajstić information content (AvgIpc) is 3.09. The van der Waals surface area contributed by atoms with Crippen LogP contribution in [0.2, 0.25) is 0 Å². The quantitative estimate of drug-likeness (QED) is 0.631. The van der Waals surface area contributed by atoms with Gasteiger partial charge in [0.05, 0.1) is 0 Å². The molecule has 0 saturated carbocycles. The van der Waals surface area contributed by atoms with Crippen LogP contribution in [0.15, 0.2) is 73.3 Å². The lowest BCUT2D eigenvalue weighted by Gasteiger charge is -2.32. The van der Waals surface area contributed by atoms with Gasteiger partial charge in [0, 0.05) is 40.3 Å². The summed E-state index contributed by atoms with van der Waals surface area (Å²) >= 11 is 0. The second-order valence-corrected chi connectivity index (χ2v) is 8.30. The first-order valence-electron chi connectivity index (χ1n) is 11.0. The van der Waals surface area contributed by atoms with Crippen LogP contribution in [0.3, 0.4) is 0 Å². The molecule has 2 aliphatic rings. The number of rotatable bonds is 4. The summed E-state index contributed by atoms with van der Waals surface area (Å²) in [5.41, 5.74) is 4.32. The molecular formula is C27H22FN3O3. The van der Waals surface area contributed by atoms with Crippen molar-refractivity contribution >= 4 is 34.8 Å². The van der Waals surface area contributed by atoms with Crippen LogP contribution in [0, 0.1) is 5.82 Å². The van der Waals surface area contributed by atoms with Gasteiger partial charge in [0.15, 0.2) is 0 Å². The van der Waals surface area contributed by atoms with E-state index in [1.807, 2.05) is 18.2 Å². The lowest BCUT2D eigenvalue weighted by molar-refractivity contribution is -0.118. The SMILES string of the molecule is C=C1c2ccccc2C(=O)N1CC(=O)N1CCCc2c(NC(=O)c3ccc(F)cc3)cccc21. The fourth-order valence-electron chi connectivity index (χ4n) is 4.52. The minimum atomic E-state index is -0.412. The van der Waals surface area contributed by atoms with Crippen molar-refractivity contribution in [3.8, 4) is 0 Å². The Morgan fingerprint density at radius 3 is 2.44 bits per heavy atom. The monoisotopic (exact) mass is 455 g/mol. The van der Waals surface area contributed by atoms with Crippen molar-refractivity contribution in [3.05, 3.63) is 101 Å². The Kier molecular flexibility index (Phi) is 5.45. The zero-order valence-corrected chi connectivity index (χ0v) is 18.4. The van der Waals surface area contributed by atoms with Gasteiger partial charge in [-0.15, -0.1) is 0 Å². The first-order valence-corrected chi connectivity index (χ1v) is 11.0. The predicted molar refractivity (Wildman–Crippen MR) is 128 cm³/mol. The molecule has 170 valence electrons. The largest absolute Gasteiger partial charge is 0.322 e. The number of amides is 3. The van der Waals surface area contributed by atoms with Crippen LogP contribution in [-0.2, 0) is 11.2 Å². The van der Waals surface area contributed by atoms with Crippen molar-refractivity contribution in [2.24, 2.45) is 0 Å². The van der Waals surface area contributed by atoms with Crippen molar-refractivity contribution in [2.75, 3.05) is 23.3 Å². The second kappa shape index (κ2) is 8.59. The van der Waals surface area contributed by atoms with Gasteiger partial charge in [0.2, 0.25) is 5.91 Å². The molecule has 34 heavy (non-hydrogen) atoms. The first kappa shape index (κ1) is 21.6. The summed E-state index contributed by atoms with van der Waals surface area (Å²) in [7, 11) is 0. The highest BCUT2D eigenvalue weighted by Crippen LogP contribution is 2.35. The van der Waals surface area contributed by atoms with Crippen LogP contribution in [0.4, 0.5) is 15.8 Å². The maximum absolute atomic E-state index is 13.3. The number of carbonyl (C=O) groups excluding carboxylic acids is 3. The van der Waals surface area contributed by atoms with Gasteiger partial charge in [-0.1, -0.05) is 30.8 Å². The number of fused-ring (bicyclic) bond motifs is 2. The van der Waals surface area contributed by atoms with Crippen molar-refractivity contribution in [1.29, 1.82) is 0 Å². The summed E-state index contributed by atoms with van der Waals surface area (Å²) in [5, 5.41) is 2.89. The molecule has 3 aromatic carbocycles. The number of anilines is 2. The van der Waals surface area contributed by atoms with Gasteiger partial charge in [0.25, 0.3) is 11.8 Å². The van der Waals surface area contributed by atoms with Gasteiger partial charge >= 0.3 is 0 Å². The Morgan fingerprint density at radius 1 is 0.971 bits per heavy atom. The zero-order chi connectivity index (χ0) is 23.8. The van der Waals surface area contributed by atoms with Gasteiger partial charge in [0.1, 0.15) is 12.4 Å². The molecule has 0 saturated heterocycles. The second-order valence-electron chi connectivity index (χ2n) is 8.30. The third kappa shape index (κ3) is 3.75. The Morgan fingerprint density at radius 2 is 1.71 bits per heavy atom. The Hall–Kier alpha value is -4.26. The molecule has 0 fully saturated rings. The van der Waals surface area contributed by atoms with Gasteiger partial charge < -0.3 is 10.2 Å². The average molecular weight is 455 g/mol. The van der Waals surface area contributed by atoms with E-state index >= 15 is 0 Å². The van der Waals surface area contributed by atoms with E-state index in [0.29, 0.717) is 41.2 Å². The van der Waals surface area contributed by atoms with E-state index in [1.54, 1.807) is 29.2 Å². The fraction of sp³-hybridized carbons (Fsp3) is 0.148. The van der Waals surface area contributed by atoms with E-state index in [2.05, 4.69) is 11.9 Å². The van der Waals surface area contributed by atoms with Crippen molar-refractivity contribution < 1.29 is 18.8 Å². The Bertz CT molecular complexity index is 1300. The highest BCUT2D eigenvalue weighted by atomic mass is 19.1. The Balaban J connectivity index is 1.37. The highest BCUT2D eigenvalue weighted by Gasteiger charge is 2.34. The molecule has 0 unspecified atom stereocenters. The van der Waals surface area contributed by atoms with Gasteiger partial charge in [-0.05, 0) is 60.9 Å². The first-order chi connectivity index (χ1) is 16.4. The molecule has 1 N–H and O–H groups in total. The number of hydrogen-bond acceptors (Lipinski definition) is 3. The highest BCUT2D eigenvalue weighted by molar-refractivity contribution is 6.11. The molecule has 3 amide bonds. The normalized spacial score (nSPS) is 14.6. The number of carbonyl (C=O) groups is 3. The molecule has 7 heteroatoms. The van der Waals surface area contributed by atoms with E-state index in [1.165, 1.54) is 29.2 Å². The number of benzene rings is 3. The van der Waals surface area contributed by atoms with E-state index in [-0.39, 0.29) is 24.3 Å². The molecule has 0 radical (unpaired) electrons. The number of nitrogens with one attached hydrogen (secondary N) is 1. The number of halogens is 1. The lowest BCUT2D eigenvalue weighted by atomic mass is 9.99. The third-order valence-corrected chi connectivity index (χ3v) is 6.24. The lowest BCUT2D eigenvalue weighted by Crippen LogP contribution is -2.42. The summed E-state index contributed by atoms with van der Waals surface area (Å²) in [6, 6.07) is 17.9. The van der Waals surface area contributed by atoms with Crippen LogP contribution in [-0.4, -0.2) is 35.7 Å². The molecule has 3 aromatic rings. The van der Waals surface area contributed by atoms with E-state index in [4.69, 9.17) is 0 Å². The van der Waals surface area contributed by atoms with Gasteiger partial charge in [-0.2, -0.15) is 0 Å². The molecule has 2 aliphatic heterocycles. The molecule has 0 bridgehead atoms. The maximum Gasteiger partial charge on any atom is 0.259 e. The summed E-state index contributed by atoms with van der Waals surface area (Å²) < 4.78 is 13.2. The number of nitrogens with zero attached hydrogens (tertiary/aromatic N) is 2. The predicted octanol–water partition coefficient (Wildman–Crippen LogP) is 4.48. The van der Waals surface area contributed by atoms with E-state index < -0.39 is 5.82 Å². The molecule has 2 heterocycles. The van der Waals surface area contributed by atoms with E-state index in [9.17, 15) is 18.8 Å². The Labute approximate surface area is 196 Å². The molecule has 0 aliphatic carbocycles. The molecular weight excluding hydrogens is 433 g/mol. The van der Waals surface area contributed by atoms with Crippen LogP contribution in [0.1, 0.15) is 38.3 Å². The molecule has 5 rings (SSSR count). The summed E-state index contributed by atoms with van der Waals surface area (Å²) in [6.45, 7) is 4.42. The maximum atomic E-state index is 13.3. The summed E-state index contributed by atoms with van der Waals surface area (Å²) in [4.78, 5) is 41.9. The molecule has 0 atom stereocenters. The third-order valence-electron chi connectivity index (χ3n) is 6.24. The standard InChI is InChI=1S/C27H22FN3O3/c1-17-20-6-2-3-7-21(20)27(34)31(17)16-25(32)30-15-5-8-22-23(9-4-10-24(22)30)29-26(33)18-11-13-19(28)14-12-18/h2-4,6-7,9-14H,1,5,8,15-16H2,(H,29,33). The summed E-state index contributed by atoms with van der Waals surface area (Å²) in [6.07, 6.45) is 1.41. The minimum absolute atomic E-state index is 0.113. The smallest absolute Gasteiger partial charge is 0.259 e. The van der Waals surface area contributed by atoms with Crippen molar-refractivity contribution in [3.63, 3.8) is 0 Å². The van der Waals surface area contributed by atoms with Crippen LogP contribution >= 0.6 is 0 Å². The fourth-order valence-corrected chi connectivity index (χ4v) is 4.52. The summed E-state index contributed by atoms with van der Waals surface area (Å²) in [5.74, 6) is -1.21. The topological polar surface area (TPSA) is 69.7 Å². The molecule has 0 aromatic heterocycles. The minimum Gasteiger partial charge on any atom is -0.322 e. The van der Waals surface area contributed by atoms with Gasteiger partial charge in [-0.25, -0.2) is 4.39 Å². The van der Waals surface area contributed by atoms with Gasteiger partial charge in [-0.3, -0.25) is 19.3 Å². The number of hydrogen-bond donors (Lipinski definition) is 1. The van der Waals surface area contributed by atoms with Crippen molar-refractivity contribution in [2.45, 2.75) is 12.8 Å². The zero-order valence-electron chi connectivity index (χ0n) is 18.4. The van der Waals surface area contributed by atoms with Crippen LogP contribution in [0.5, 0.6) is 0 Å². The van der Waals surface area contributed by atoms with Crippen molar-refractivity contribution in [1.82, 2.24) is 4.90 Å². The van der Waals surface area contributed by atoms with E-state index in [0.717, 1.165) is 17.5 Å².